The van der Waals surface area contributed by atoms with Gasteiger partial charge in [0.25, 0.3) is 0 Å². The molecule has 0 radical (unpaired) electrons. The van der Waals surface area contributed by atoms with Crippen molar-refractivity contribution in [1.29, 1.82) is 0 Å². The predicted octanol–water partition coefficient (Wildman–Crippen LogP) is 3.19. The van der Waals surface area contributed by atoms with Gasteiger partial charge in [-0.25, -0.2) is 14.4 Å². The smallest absolute Gasteiger partial charge is 0.159 e. The Morgan fingerprint density at radius 2 is 2.20 bits per heavy atom. The van der Waals surface area contributed by atoms with Crippen LogP contribution in [0.15, 0.2) is 24.4 Å². The van der Waals surface area contributed by atoms with Crippen LogP contribution in [0.3, 0.4) is 0 Å². The highest BCUT2D eigenvalue weighted by Gasteiger charge is 2.21. The molecule has 1 atom stereocenters. The van der Waals surface area contributed by atoms with Gasteiger partial charge in [-0.1, -0.05) is 0 Å². The molecular formula is C16H18FN3. The lowest BCUT2D eigenvalue weighted by Crippen LogP contribution is -2.22. The fraction of sp³-hybridized carbons (Fsp3) is 0.375. The first kappa shape index (κ1) is 13.2. The molecule has 20 heavy (non-hydrogen) atoms. The molecule has 0 saturated heterocycles. The fourth-order valence-corrected chi connectivity index (χ4v) is 2.77. The molecule has 0 aliphatic heterocycles. The number of halogens is 1. The number of benzene rings is 1. The quantitative estimate of drug-likeness (QED) is 0.911. The second kappa shape index (κ2) is 5.29. The van der Waals surface area contributed by atoms with Crippen molar-refractivity contribution in [3.63, 3.8) is 0 Å². The van der Waals surface area contributed by atoms with Gasteiger partial charge in [0.05, 0.1) is 0 Å². The SMILES string of the molecule is CNC1CCCc2nc(-c3ccc(F)c(C)c3)ncc21. The van der Waals surface area contributed by atoms with E-state index in [-0.39, 0.29) is 5.82 Å². The highest BCUT2D eigenvalue weighted by molar-refractivity contribution is 5.56. The third-order valence-corrected chi connectivity index (χ3v) is 3.95. The molecular weight excluding hydrogens is 253 g/mol. The van der Waals surface area contributed by atoms with Gasteiger partial charge in [0, 0.05) is 29.1 Å². The lowest BCUT2D eigenvalue weighted by molar-refractivity contribution is 0.488. The van der Waals surface area contributed by atoms with Crippen LogP contribution in [-0.4, -0.2) is 17.0 Å². The summed E-state index contributed by atoms with van der Waals surface area (Å²) in [6.45, 7) is 1.76. The molecule has 0 fully saturated rings. The van der Waals surface area contributed by atoms with Gasteiger partial charge in [-0.15, -0.1) is 0 Å². The average Bonchev–Trinajstić information content (AvgIpc) is 2.48. The summed E-state index contributed by atoms with van der Waals surface area (Å²) in [6.07, 6.45) is 5.17. The Morgan fingerprint density at radius 1 is 1.35 bits per heavy atom. The van der Waals surface area contributed by atoms with Crippen LogP contribution in [-0.2, 0) is 6.42 Å². The molecule has 104 valence electrons. The Hall–Kier alpha value is -1.81. The molecule has 1 aromatic heterocycles. The van der Waals surface area contributed by atoms with Gasteiger partial charge in [0.2, 0.25) is 0 Å². The zero-order valence-electron chi connectivity index (χ0n) is 11.8. The molecule has 0 amide bonds. The highest BCUT2D eigenvalue weighted by Crippen LogP contribution is 2.29. The number of hydrogen-bond donors (Lipinski definition) is 1. The molecule has 3 rings (SSSR count). The normalized spacial score (nSPS) is 17.9. The van der Waals surface area contributed by atoms with Crippen molar-refractivity contribution in [2.45, 2.75) is 32.2 Å². The van der Waals surface area contributed by atoms with E-state index in [1.165, 1.54) is 11.6 Å². The predicted molar refractivity (Wildman–Crippen MR) is 76.9 cm³/mol. The van der Waals surface area contributed by atoms with Gasteiger partial charge in [0.1, 0.15) is 5.82 Å². The van der Waals surface area contributed by atoms with E-state index in [0.29, 0.717) is 17.4 Å². The fourth-order valence-electron chi connectivity index (χ4n) is 2.77. The van der Waals surface area contributed by atoms with Gasteiger partial charge in [-0.2, -0.15) is 0 Å². The summed E-state index contributed by atoms with van der Waals surface area (Å²) in [7, 11) is 1.97. The van der Waals surface area contributed by atoms with E-state index in [4.69, 9.17) is 0 Å². The van der Waals surface area contributed by atoms with Crippen molar-refractivity contribution in [3.05, 3.63) is 47.0 Å². The molecule has 0 bridgehead atoms. The third kappa shape index (κ3) is 2.31. The van der Waals surface area contributed by atoms with Crippen LogP contribution in [0.2, 0.25) is 0 Å². The number of rotatable bonds is 2. The number of nitrogens with one attached hydrogen (secondary N) is 1. The zero-order valence-corrected chi connectivity index (χ0v) is 11.8. The second-order valence-corrected chi connectivity index (χ2v) is 5.29. The van der Waals surface area contributed by atoms with Crippen LogP contribution in [0.25, 0.3) is 11.4 Å². The maximum atomic E-state index is 13.3. The van der Waals surface area contributed by atoms with E-state index in [2.05, 4.69) is 15.3 Å². The Labute approximate surface area is 118 Å². The minimum absolute atomic E-state index is 0.193. The first-order valence-electron chi connectivity index (χ1n) is 6.98. The number of aryl methyl sites for hydroxylation is 2. The van der Waals surface area contributed by atoms with Crippen LogP contribution in [0.4, 0.5) is 4.39 Å². The van der Waals surface area contributed by atoms with Gasteiger partial charge < -0.3 is 5.32 Å². The minimum Gasteiger partial charge on any atom is -0.313 e. The summed E-state index contributed by atoms with van der Waals surface area (Å²) in [5.41, 5.74) is 3.80. The van der Waals surface area contributed by atoms with Crippen molar-refractivity contribution >= 4 is 0 Å². The Bertz CT molecular complexity index is 640. The second-order valence-electron chi connectivity index (χ2n) is 5.29. The van der Waals surface area contributed by atoms with Crippen LogP contribution >= 0.6 is 0 Å². The van der Waals surface area contributed by atoms with E-state index >= 15 is 0 Å². The molecule has 1 unspecified atom stereocenters. The van der Waals surface area contributed by atoms with Gasteiger partial charge in [-0.05, 0) is 57.0 Å². The molecule has 1 aromatic carbocycles. The third-order valence-electron chi connectivity index (χ3n) is 3.95. The standard InChI is InChI=1S/C16H18FN3/c1-10-8-11(6-7-13(10)17)16-19-9-12-14(18-2)4-3-5-15(12)20-16/h6-9,14,18H,3-5H2,1-2H3. The summed E-state index contributed by atoms with van der Waals surface area (Å²) >= 11 is 0. The summed E-state index contributed by atoms with van der Waals surface area (Å²) in [6, 6.07) is 5.37. The molecule has 0 saturated carbocycles. The van der Waals surface area contributed by atoms with Gasteiger partial charge >= 0.3 is 0 Å². The van der Waals surface area contributed by atoms with E-state index in [0.717, 1.165) is 30.5 Å². The first-order chi connectivity index (χ1) is 9.69. The largest absolute Gasteiger partial charge is 0.313 e. The molecule has 3 nitrogen and oxygen atoms in total. The molecule has 2 aromatic rings. The molecule has 1 N–H and O–H groups in total. The van der Waals surface area contributed by atoms with E-state index < -0.39 is 0 Å². The summed E-state index contributed by atoms with van der Waals surface area (Å²) < 4.78 is 13.3. The Balaban J connectivity index is 2.01. The number of aromatic nitrogens is 2. The summed E-state index contributed by atoms with van der Waals surface area (Å²) in [5.74, 6) is 0.491. The minimum atomic E-state index is -0.193. The summed E-state index contributed by atoms with van der Waals surface area (Å²) in [5, 5.41) is 3.31. The van der Waals surface area contributed by atoms with Crippen molar-refractivity contribution < 1.29 is 4.39 Å². The van der Waals surface area contributed by atoms with Crippen LogP contribution < -0.4 is 5.32 Å². The first-order valence-corrected chi connectivity index (χ1v) is 6.98. The van der Waals surface area contributed by atoms with Crippen LogP contribution in [0.5, 0.6) is 0 Å². The number of nitrogens with zero attached hydrogens (tertiary/aromatic N) is 2. The topological polar surface area (TPSA) is 37.8 Å². The number of hydrogen-bond acceptors (Lipinski definition) is 3. The molecule has 1 aliphatic carbocycles. The maximum Gasteiger partial charge on any atom is 0.159 e. The molecule has 0 spiro atoms. The lowest BCUT2D eigenvalue weighted by atomic mass is 9.92. The Morgan fingerprint density at radius 3 is 2.95 bits per heavy atom. The van der Waals surface area contributed by atoms with Crippen molar-refractivity contribution in [2.75, 3.05) is 7.05 Å². The van der Waals surface area contributed by atoms with Gasteiger partial charge in [0.15, 0.2) is 5.82 Å². The average molecular weight is 271 g/mol. The van der Waals surface area contributed by atoms with E-state index in [9.17, 15) is 4.39 Å². The van der Waals surface area contributed by atoms with E-state index in [1.807, 2.05) is 13.2 Å². The molecule has 1 aliphatic rings. The molecule has 1 heterocycles. The van der Waals surface area contributed by atoms with Crippen molar-refractivity contribution in [1.82, 2.24) is 15.3 Å². The Kier molecular flexibility index (Phi) is 3.49. The highest BCUT2D eigenvalue weighted by atomic mass is 19.1. The lowest BCUT2D eigenvalue weighted by Gasteiger charge is -2.24. The maximum absolute atomic E-state index is 13.3. The van der Waals surface area contributed by atoms with Crippen molar-refractivity contribution in [2.24, 2.45) is 0 Å². The van der Waals surface area contributed by atoms with Crippen LogP contribution in [0, 0.1) is 12.7 Å². The zero-order chi connectivity index (χ0) is 14.1. The monoisotopic (exact) mass is 271 g/mol. The van der Waals surface area contributed by atoms with Crippen molar-refractivity contribution in [3.8, 4) is 11.4 Å². The van der Waals surface area contributed by atoms with E-state index in [1.54, 1.807) is 19.1 Å². The number of fused-ring (bicyclic) bond motifs is 1. The van der Waals surface area contributed by atoms with Crippen LogP contribution in [0.1, 0.15) is 35.7 Å². The van der Waals surface area contributed by atoms with Gasteiger partial charge in [-0.3, -0.25) is 0 Å². The molecule has 4 heteroatoms. The summed E-state index contributed by atoms with van der Waals surface area (Å²) in [4.78, 5) is 9.14.